The van der Waals surface area contributed by atoms with E-state index in [0.29, 0.717) is 6.07 Å². The van der Waals surface area contributed by atoms with Crippen LogP contribution in [0.5, 0.6) is 0 Å². The van der Waals surface area contributed by atoms with Gasteiger partial charge in [0.05, 0.1) is 16.8 Å². The lowest BCUT2D eigenvalue weighted by Gasteiger charge is -2.06. The Morgan fingerprint density at radius 1 is 1.33 bits per heavy atom. The molecule has 1 heterocycles. The molecule has 0 bridgehead atoms. The zero-order chi connectivity index (χ0) is 13.5. The molecule has 18 heavy (non-hydrogen) atoms. The van der Waals surface area contributed by atoms with Gasteiger partial charge in [0.2, 0.25) is 0 Å². The number of nitrogens with one attached hydrogen (secondary N) is 1. The van der Waals surface area contributed by atoms with Gasteiger partial charge in [-0.15, -0.1) is 0 Å². The van der Waals surface area contributed by atoms with Crippen molar-refractivity contribution in [3.05, 3.63) is 35.0 Å². The summed E-state index contributed by atoms with van der Waals surface area (Å²) in [7, 11) is 0. The van der Waals surface area contributed by atoms with Crippen molar-refractivity contribution >= 4 is 23.2 Å². The molecule has 0 aliphatic rings. The maximum Gasteiger partial charge on any atom is 0.416 e. The van der Waals surface area contributed by atoms with Crippen molar-refractivity contribution in [2.45, 2.75) is 6.18 Å². The van der Waals surface area contributed by atoms with Crippen molar-refractivity contribution in [3.8, 4) is 0 Å². The highest BCUT2D eigenvalue weighted by Gasteiger charge is 2.31. The van der Waals surface area contributed by atoms with Crippen molar-refractivity contribution in [1.82, 2.24) is 4.98 Å². The van der Waals surface area contributed by atoms with E-state index in [-0.39, 0.29) is 22.9 Å². The second-order valence-corrected chi connectivity index (χ2v) is 3.59. The molecule has 2 rings (SSSR count). The predicted octanol–water partition coefficient (Wildman–Crippen LogP) is 2.70. The van der Waals surface area contributed by atoms with Crippen LogP contribution in [0.15, 0.2) is 18.2 Å². The Morgan fingerprint density at radius 2 is 2.00 bits per heavy atom. The number of aldehydes is 1. The number of aromatic amines is 1. The fraction of sp³-hybridized carbons (Fsp3) is 0.0909. The van der Waals surface area contributed by atoms with Crippen LogP contribution >= 0.6 is 0 Å². The van der Waals surface area contributed by atoms with Crippen LogP contribution in [0, 0.1) is 0 Å². The lowest BCUT2D eigenvalue weighted by molar-refractivity contribution is -0.137. The molecule has 1 aromatic heterocycles. The molecule has 0 amide bonds. The van der Waals surface area contributed by atoms with Gasteiger partial charge < -0.3 is 10.1 Å². The van der Waals surface area contributed by atoms with Crippen molar-refractivity contribution in [1.29, 1.82) is 0 Å². The van der Waals surface area contributed by atoms with Crippen LogP contribution in [-0.2, 0) is 6.18 Å². The van der Waals surface area contributed by atoms with Gasteiger partial charge in [0.15, 0.2) is 6.29 Å². The second-order valence-electron chi connectivity index (χ2n) is 3.59. The number of carboxylic acid groups (broad SMARTS) is 1. The van der Waals surface area contributed by atoms with Gasteiger partial charge in [0.25, 0.3) is 0 Å². The standard InChI is InChI=1S/C11H6F3NO3/c12-11(13,14)5-1-2-7-6(3-5)9(10(17)18)8(4-16)15-7/h1-4,15H,(H,17,18). The van der Waals surface area contributed by atoms with E-state index in [0.717, 1.165) is 12.1 Å². The number of aromatic carboxylic acids is 1. The van der Waals surface area contributed by atoms with E-state index in [4.69, 9.17) is 5.11 Å². The van der Waals surface area contributed by atoms with Gasteiger partial charge in [-0.3, -0.25) is 4.79 Å². The highest BCUT2D eigenvalue weighted by Crippen LogP contribution is 2.32. The first kappa shape index (κ1) is 12.2. The molecule has 94 valence electrons. The van der Waals surface area contributed by atoms with Gasteiger partial charge in [0, 0.05) is 10.9 Å². The SMILES string of the molecule is O=Cc1[nH]c2ccc(C(F)(F)F)cc2c1C(=O)O. The number of hydrogen-bond acceptors (Lipinski definition) is 2. The summed E-state index contributed by atoms with van der Waals surface area (Å²) < 4.78 is 37.5. The van der Waals surface area contributed by atoms with Crippen LogP contribution in [0.2, 0.25) is 0 Å². The maximum atomic E-state index is 12.5. The molecule has 0 aliphatic heterocycles. The van der Waals surface area contributed by atoms with E-state index in [2.05, 4.69) is 4.98 Å². The number of H-pyrrole nitrogens is 1. The summed E-state index contributed by atoms with van der Waals surface area (Å²) in [5.41, 5.74) is -1.50. The lowest BCUT2D eigenvalue weighted by atomic mass is 10.1. The molecule has 0 radical (unpaired) electrons. The van der Waals surface area contributed by atoms with E-state index in [9.17, 15) is 22.8 Å². The molecule has 2 aromatic rings. The summed E-state index contributed by atoms with van der Waals surface area (Å²) in [6.45, 7) is 0. The van der Waals surface area contributed by atoms with Crippen LogP contribution < -0.4 is 0 Å². The molecule has 4 nitrogen and oxygen atoms in total. The van der Waals surface area contributed by atoms with Gasteiger partial charge in [0.1, 0.15) is 0 Å². The summed E-state index contributed by atoms with van der Waals surface area (Å²) in [4.78, 5) is 24.1. The third kappa shape index (κ3) is 1.83. The molecular formula is C11H6F3NO3. The fourth-order valence-electron chi connectivity index (χ4n) is 1.71. The molecule has 0 aliphatic carbocycles. The topological polar surface area (TPSA) is 70.2 Å². The monoisotopic (exact) mass is 257 g/mol. The molecule has 2 N–H and O–H groups in total. The molecule has 1 aromatic carbocycles. The number of carbonyl (C=O) groups is 2. The van der Waals surface area contributed by atoms with Crippen molar-refractivity contribution in [2.75, 3.05) is 0 Å². The highest BCUT2D eigenvalue weighted by molar-refractivity contribution is 6.09. The largest absolute Gasteiger partial charge is 0.478 e. The molecule has 0 fully saturated rings. The van der Waals surface area contributed by atoms with Crippen molar-refractivity contribution in [2.24, 2.45) is 0 Å². The second kappa shape index (κ2) is 3.86. The number of rotatable bonds is 2. The normalized spacial score (nSPS) is 11.7. The Kier molecular flexibility index (Phi) is 2.61. The van der Waals surface area contributed by atoms with E-state index in [1.165, 1.54) is 0 Å². The zero-order valence-corrected chi connectivity index (χ0v) is 8.71. The van der Waals surface area contributed by atoms with Crippen molar-refractivity contribution in [3.63, 3.8) is 0 Å². The summed E-state index contributed by atoms with van der Waals surface area (Å²) in [5.74, 6) is -1.46. The number of halogens is 3. The molecule has 0 saturated heterocycles. The Labute approximate surface area is 98.0 Å². The van der Waals surface area contributed by atoms with E-state index in [1.807, 2.05) is 0 Å². The molecule has 0 unspecified atom stereocenters. The van der Waals surface area contributed by atoms with Crippen LogP contribution in [-0.4, -0.2) is 22.3 Å². The van der Waals surface area contributed by atoms with E-state index < -0.39 is 23.3 Å². The zero-order valence-electron chi connectivity index (χ0n) is 8.71. The summed E-state index contributed by atoms with van der Waals surface area (Å²) >= 11 is 0. The Bertz CT molecular complexity index is 643. The minimum atomic E-state index is -4.57. The Balaban J connectivity index is 2.79. The van der Waals surface area contributed by atoms with Crippen LogP contribution in [0.3, 0.4) is 0 Å². The first-order valence-corrected chi connectivity index (χ1v) is 4.76. The summed E-state index contributed by atoms with van der Waals surface area (Å²) in [5, 5.41) is 8.78. The number of aromatic nitrogens is 1. The molecular weight excluding hydrogens is 251 g/mol. The number of fused-ring (bicyclic) bond motifs is 1. The molecule has 7 heteroatoms. The number of carboxylic acids is 1. The number of carbonyl (C=O) groups excluding carboxylic acids is 1. The van der Waals surface area contributed by atoms with Crippen LogP contribution in [0.1, 0.15) is 26.4 Å². The lowest BCUT2D eigenvalue weighted by Crippen LogP contribution is -2.05. The smallest absolute Gasteiger partial charge is 0.416 e. The minimum absolute atomic E-state index is 0.139. The van der Waals surface area contributed by atoms with E-state index >= 15 is 0 Å². The Hall–Kier alpha value is -2.31. The summed E-state index contributed by atoms with van der Waals surface area (Å²) in [6, 6.07) is 2.62. The van der Waals surface area contributed by atoms with Gasteiger partial charge in [-0.25, -0.2) is 4.79 Å². The van der Waals surface area contributed by atoms with Gasteiger partial charge in [-0.05, 0) is 18.2 Å². The summed E-state index contributed by atoms with van der Waals surface area (Å²) in [6.07, 6.45) is -4.31. The van der Waals surface area contributed by atoms with Crippen LogP contribution in [0.4, 0.5) is 13.2 Å². The van der Waals surface area contributed by atoms with E-state index in [1.54, 1.807) is 0 Å². The van der Waals surface area contributed by atoms with Gasteiger partial charge in [-0.2, -0.15) is 13.2 Å². The Morgan fingerprint density at radius 3 is 2.50 bits per heavy atom. The first-order valence-electron chi connectivity index (χ1n) is 4.76. The first-order chi connectivity index (χ1) is 8.34. The average Bonchev–Trinajstić information content (AvgIpc) is 2.64. The number of alkyl halides is 3. The quantitative estimate of drug-likeness (QED) is 0.812. The number of hydrogen-bond donors (Lipinski definition) is 2. The fourth-order valence-corrected chi connectivity index (χ4v) is 1.71. The predicted molar refractivity (Wildman–Crippen MR) is 55.6 cm³/mol. The van der Waals surface area contributed by atoms with Gasteiger partial charge in [-0.1, -0.05) is 0 Å². The van der Waals surface area contributed by atoms with Gasteiger partial charge >= 0.3 is 12.1 Å². The molecule has 0 atom stereocenters. The average molecular weight is 257 g/mol. The highest BCUT2D eigenvalue weighted by atomic mass is 19.4. The minimum Gasteiger partial charge on any atom is -0.478 e. The third-order valence-corrected chi connectivity index (χ3v) is 2.49. The molecule has 0 spiro atoms. The van der Waals surface area contributed by atoms with Crippen molar-refractivity contribution < 1.29 is 27.9 Å². The maximum absolute atomic E-state index is 12.5. The number of benzene rings is 1. The van der Waals surface area contributed by atoms with Crippen LogP contribution in [0.25, 0.3) is 10.9 Å². The molecule has 0 saturated carbocycles. The third-order valence-electron chi connectivity index (χ3n) is 2.49.